The molecule has 216 valence electrons. The first-order valence-corrected chi connectivity index (χ1v) is 14.3. The molecule has 0 radical (unpaired) electrons. The monoisotopic (exact) mass is 549 g/mol. The Kier molecular flexibility index (Phi) is 9.43. The van der Waals surface area contributed by atoms with E-state index < -0.39 is 12.1 Å². The summed E-state index contributed by atoms with van der Waals surface area (Å²) in [6, 6.07) is 1.80. The van der Waals surface area contributed by atoms with Crippen LogP contribution in [0.25, 0.3) is 11.3 Å². The molecule has 0 saturated heterocycles. The minimum Gasteiger partial charge on any atom is -0.496 e. The number of rotatable bonds is 9. The highest BCUT2D eigenvalue weighted by Crippen LogP contribution is 2.40. The van der Waals surface area contributed by atoms with Gasteiger partial charge in [-0.25, -0.2) is 4.98 Å². The Bertz CT molecular complexity index is 1120. The second-order valence-electron chi connectivity index (χ2n) is 11.4. The topological polar surface area (TPSA) is 81.1 Å². The van der Waals surface area contributed by atoms with Gasteiger partial charge in [-0.15, -0.1) is 0 Å². The van der Waals surface area contributed by atoms with Gasteiger partial charge < -0.3 is 15.4 Å². The van der Waals surface area contributed by atoms with Crippen molar-refractivity contribution in [3.63, 3.8) is 0 Å². The number of alkyl halides is 3. The first-order valence-electron chi connectivity index (χ1n) is 14.3. The highest BCUT2D eigenvalue weighted by Gasteiger charge is 2.41. The Morgan fingerprint density at radius 2 is 1.72 bits per heavy atom. The van der Waals surface area contributed by atoms with E-state index in [1.807, 2.05) is 13.8 Å². The van der Waals surface area contributed by atoms with Crippen molar-refractivity contribution in [1.29, 1.82) is 0 Å². The SMILES string of the molecule is CCn1nc(C(=O)NCC2CCC(C)CC2)c(C)c1-c1cnc(NCC2CCC(C(F)(F)F)CC2)cc1OC. The third kappa shape index (κ3) is 7.06. The standard InChI is InChI=1S/C29H42F3N5O2/c1-5-37-27(19(3)26(36-37)28(38)35-16-20-8-6-18(2)7-9-20)23-17-34-25(14-24(23)39-4)33-15-21-10-12-22(13-11-21)29(30,31)32/h14,17-18,20-22H,5-13,15-16H2,1-4H3,(H,33,34)(H,35,38). The van der Waals surface area contributed by atoms with Crippen LogP contribution in [-0.4, -0.2) is 47.0 Å². The zero-order valence-electron chi connectivity index (χ0n) is 23.5. The van der Waals surface area contributed by atoms with E-state index in [0.717, 1.165) is 35.6 Å². The molecule has 4 rings (SSSR count). The van der Waals surface area contributed by atoms with Crippen molar-refractivity contribution in [2.45, 2.75) is 84.9 Å². The number of amides is 1. The number of aromatic nitrogens is 3. The summed E-state index contributed by atoms with van der Waals surface area (Å²) in [5, 5.41) is 11.0. The highest BCUT2D eigenvalue weighted by atomic mass is 19.4. The predicted molar refractivity (Wildman–Crippen MR) is 146 cm³/mol. The molecule has 0 aromatic carbocycles. The summed E-state index contributed by atoms with van der Waals surface area (Å²) in [6.45, 7) is 7.97. The first-order chi connectivity index (χ1) is 18.6. The van der Waals surface area contributed by atoms with Crippen molar-refractivity contribution in [1.82, 2.24) is 20.1 Å². The Hall–Kier alpha value is -2.78. The van der Waals surface area contributed by atoms with Gasteiger partial charge in [0.15, 0.2) is 5.69 Å². The number of anilines is 1. The van der Waals surface area contributed by atoms with Crippen LogP contribution < -0.4 is 15.4 Å². The van der Waals surface area contributed by atoms with E-state index in [1.165, 1.54) is 12.8 Å². The minimum atomic E-state index is -4.10. The number of nitrogens with zero attached hydrogens (tertiary/aromatic N) is 3. The average Bonchev–Trinajstić information content (AvgIpc) is 3.26. The zero-order valence-corrected chi connectivity index (χ0v) is 23.5. The van der Waals surface area contributed by atoms with Crippen LogP contribution in [0.15, 0.2) is 12.3 Å². The number of hydrogen-bond donors (Lipinski definition) is 2. The number of carbonyl (C=O) groups is 1. The van der Waals surface area contributed by atoms with Gasteiger partial charge in [-0.2, -0.15) is 18.3 Å². The maximum atomic E-state index is 13.1. The summed E-state index contributed by atoms with van der Waals surface area (Å²) in [5.74, 6) is 1.32. The smallest absolute Gasteiger partial charge is 0.391 e. The molecule has 1 amide bonds. The lowest BCUT2D eigenvalue weighted by atomic mass is 9.81. The van der Waals surface area contributed by atoms with Gasteiger partial charge in [0.05, 0.1) is 24.3 Å². The van der Waals surface area contributed by atoms with Crippen molar-refractivity contribution < 1.29 is 22.7 Å². The molecule has 2 aliphatic carbocycles. The van der Waals surface area contributed by atoms with Crippen molar-refractivity contribution in [3.05, 3.63) is 23.5 Å². The predicted octanol–water partition coefficient (Wildman–Crippen LogP) is 6.62. The Morgan fingerprint density at radius 1 is 1.08 bits per heavy atom. The number of methoxy groups -OCH3 is 1. The summed E-state index contributed by atoms with van der Waals surface area (Å²) in [7, 11) is 1.58. The molecule has 2 aromatic rings. The third-order valence-electron chi connectivity index (χ3n) is 8.61. The fourth-order valence-corrected chi connectivity index (χ4v) is 6.01. The lowest BCUT2D eigenvalue weighted by molar-refractivity contribution is -0.183. The van der Waals surface area contributed by atoms with Gasteiger partial charge >= 0.3 is 6.18 Å². The van der Waals surface area contributed by atoms with E-state index in [4.69, 9.17) is 4.74 Å². The molecule has 0 atom stereocenters. The number of hydrogen-bond acceptors (Lipinski definition) is 5. The Labute approximate surface area is 229 Å². The molecule has 7 nitrogen and oxygen atoms in total. The third-order valence-corrected chi connectivity index (χ3v) is 8.61. The Morgan fingerprint density at radius 3 is 2.33 bits per heavy atom. The maximum Gasteiger partial charge on any atom is 0.391 e. The van der Waals surface area contributed by atoms with Gasteiger partial charge in [0.1, 0.15) is 11.6 Å². The van der Waals surface area contributed by atoms with Crippen LogP contribution in [0.1, 0.15) is 81.3 Å². The van der Waals surface area contributed by atoms with E-state index in [2.05, 4.69) is 27.6 Å². The number of pyridine rings is 1. The van der Waals surface area contributed by atoms with Gasteiger partial charge in [-0.3, -0.25) is 9.48 Å². The lowest BCUT2D eigenvalue weighted by Crippen LogP contribution is -2.31. The molecule has 0 unspecified atom stereocenters. The van der Waals surface area contributed by atoms with Crippen LogP contribution in [0.4, 0.5) is 19.0 Å². The molecule has 2 heterocycles. The van der Waals surface area contributed by atoms with E-state index in [0.29, 0.717) is 55.7 Å². The summed E-state index contributed by atoms with van der Waals surface area (Å²) in [4.78, 5) is 17.7. The van der Waals surface area contributed by atoms with Crippen molar-refractivity contribution in [2.24, 2.45) is 23.7 Å². The molecular formula is C29H42F3N5O2. The highest BCUT2D eigenvalue weighted by molar-refractivity contribution is 5.95. The minimum absolute atomic E-state index is 0.162. The second-order valence-corrected chi connectivity index (χ2v) is 11.4. The number of aryl methyl sites for hydroxylation is 1. The van der Waals surface area contributed by atoms with Gasteiger partial charge in [0.25, 0.3) is 5.91 Å². The van der Waals surface area contributed by atoms with E-state index in [-0.39, 0.29) is 24.7 Å². The van der Waals surface area contributed by atoms with Crippen LogP contribution in [0.5, 0.6) is 5.75 Å². The molecule has 10 heteroatoms. The molecule has 2 N–H and O–H groups in total. The van der Waals surface area contributed by atoms with Crippen LogP contribution in [0.2, 0.25) is 0 Å². The maximum absolute atomic E-state index is 13.1. The normalized spacial score (nSPS) is 23.9. The number of halogens is 3. The molecule has 0 spiro atoms. The molecule has 2 fully saturated rings. The molecule has 2 aromatic heterocycles. The quantitative estimate of drug-likeness (QED) is 0.368. The van der Waals surface area contributed by atoms with Gasteiger partial charge in [0, 0.05) is 37.5 Å². The number of ether oxygens (including phenoxy) is 1. The van der Waals surface area contributed by atoms with E-state index in [1.54, 1.807) is 24.1 Å². The van der Waals surface area contributed by atoms with Crippen LogP contribution in [-0.2, 0) is 6.54 Å². The molecule has 0 aliphatic heterocycles. The summed E-state index contributed by atoms with van der Waals surface area (Å²) >= 11 is 0. The fraction of sp³-hybridized carbons (Fsp3) is 0.690. The van der Waals surface area contributed by atoms with Gasteiger partial charge in [-0.1, -0.05) is 19.8 Å². The largest absolute Gasteiger partial charge is 0.496 e. The van der Waals surface area contributed by atoms with E-state index >= 15 is 0 Å². The number of carbonyl (C=O) groups excluding carboxylic acids is 1. The van der Waals surface area contributed by atoms with Gasteiger partial charge in [-0.05, 0) is 70.1 Å². The Balaban J connectivity index is 1.43. The fourth-order valence-electron chi connectivity index (χ4n) is 6.01. The first kappa shape index (κ1) is 29.2. The van der Waals surface area contributed by atoms with Gasteiger partial charge in [0.2, 0.25) is 0 Å². The van der Waals surface area contributed by atoms with Crippen molar-refractivity contribution >= 4 is 11.7 Å². The summed E-state index contributed by atoms with van der Waals surface area (Å²) < 4.78 is 46.4. The number of nitrogens with one attached hydrogen (secondary N) is 2. The van der Waals surface area contributed by atoms with Crippen LogP contribution in [0.3, 0.4) is 0 Å². The summed E-state index contributed by atoms with van der Waals surface area (Å²) in [6.07, 6.45) is 3.79. The van der Waals surface area contributed by atoms with Crippen LogP contribution >= 0.6 is 0 Å². The van der Waals surface area contributed by atoms with Crippen molar-refractivity contribution in [2.75, 3.05) is 25.5 Å². The molecule has 0 bridgehead atoms. The molecular weight excluding hydrogens is 507 g/mol. The van der Waals surface area contributed by atoms with Crippen LogP contribution in [0, 0.1) is 30.6 Å². The zero-order chi connectivity index (χ0) is 28.2. The average molecular weight is 550 g/mol. The van der Waals surface area contributed by atoms with Crippen molar-refractivity contribution in [3.8, 4) is 17.0 Å². The summed E-state index contributed by atoms with van der Waals surface area (Å²) in [5.41, 5.74) is 2.71. The second kappa shape index (κ2) is 12.6. The molecule has 2 aliphatic rings. The lowest BCUT2D eigenvalue weighted by Gasteiger charge is -2.30. The molecule has 39 heavy (non-hydrogen) atoms. The van der Waals surface area contributed by atoms with E-state index in [9.17, 15) is 18.0 Å². The molecule has 2 saturated carbocycles.